The van der Waals surface area contributed by atoms with Crippen LogP contribution in [0.4, 0.5) is 5.69 Å². The number of sulfonamides is 1. The molecule has 1 aromatic heterocycles. The summed E-state index contributed by atoms with van der Waals surface area (Å²) in [5.74, 6) is -0.280. The molecule has 1 amide bonds. The van der Waals surface area contributed by atoms with E-state index in [0.717, 1.165) is 10.9 Å². The molecule has 0 saturated heterocycles. The van der Waals surface area contributed by atoms with E-state index in [4.69, 9.17) is 9.88 Å². The minimum absolute atomic E-state index is 0.112. The number of fused-ring (bicyclic) bond motifs is 1. The lowest BCUT2D eigenvalue weighted by atomic mass is 10.2. The number of benzene rings is 2. The van der Waals surface area contributed by atoms with Crippen molar-refractivity contribution in [3.05, 3.63) is 54.2 Å². The van der Waals surface area contributed by atoms with Gasteiger partial charge in [0.1, 0.15) is 16.3 Å². The number of anilines is 1. The molecule has 0 fully saturated rings. The summed E-state index contributed by atoms with van der Waals surface area (Å²) in [6.07, 6.45) is 0. The molecule has 7 nitrogen and oxygen atoms in total. The molecular weight excluding hydrogens is 330 g/mol. The second-order valence-electron chi connectivity index (χ2n) is 5.14. The largest absolute Gasteiger partial charge is 0.495 e. The monoisotopic (exact) mass is 345 g/mol. The zero-order chi connectivity index (χ0) is 17.3. The summed E-state index contributed by atoms with van der Waals surface area (Å²) in [7, 11) is -2.63. The van der Waals surface area contributed by atoms with Crippen molar-refractivity contribution in [3.8, 4) is 5.75 Å². The Morgan fingerprint density at radius 3 is 2.58 bits per heavy atom. The first kappa shape index (κ1) is 16.0. The fourth-order valence-electron chi connectivity index (χ4n) is 2.37. The van der Waals surface area contributed by atoms with Gasteiger partial charge in [-0.05, 0) is 30.3 Å². The quantitative estimate of drug-likeness (QED) is 0.671. The summed E-state index contributed by atoms with van der Waals surface area (Å²) in [5.41, 5.74) is 1.50. The highest BCUT2D eigenvalue weighted by Gasteiger charge is 2.17. The number of amides is 1. The van der Waals surface area contributed by atoms with E-state index in [1.54, 1.807) is 6.07 Å². The molecule has 0 bridgehead atoms. The lowest BCUT2D eigenvalue weighted by Gasteiger charge is -2.09. The van der Waals surface area contributed by atoms with E-state index >= 15 is 0 Å². The number of primary sulfonamides is 1. The molecular formula is C16H15N3O4S. The third-order valence-corrected chi connectivity index (χ3v) is 4.43. The molecule has 0 aliphatic carbocycles. The maximum atomic E-state index is 12.3. The third kappa shape index (κ3) is 3.10. The molecule has 0 saturated carbocycles. The van der Waals surface area contributed by atoms with Crippen LogP contribution in [0.1, 0.15) is 10.5 Å². The molecule has 3 aromatic rings. The molecule has 1 heterocycles. The van der Waals surface area contributed by atoms with Crippen LogP contribution < -0.4 is 15.2 Å². The Bertz CT molecular complexity index is 992. The zero-order valence-electron chi connectivity index (χ0n) is 12.7. The van der Waals surface area contributed by atoms with Crippen LogP contribution in [-0.2, 0) is 10.0 Å². The van der Waals surface area contributed by atoms with Gasteiger partial charge in [-0.25, -0.2) is 13.6 Å². The number of carbonyl (C=O) groups excluding carboxylic acids is 1. The van der Waals surface area contributed by atoms with E-state index in [0.29, 0.717) is 11.4 Å². The van der Waals surface area contributed by atoms with E-state index in [1.807, 2.05) is 24.3 Å². The Labute approximate surface area is 138 Å². The number of para-hydroxylation sites is 1. The molecule has 124 valence electrons. The number of methoxy groups -OCH3 is 1. The van der Waals surface area contributed by atoms with Gasteiger partial charge in [-0.15, -0.1) is 0 Å². The van der Waals surface area contributed by atoms with Crippen molar-refractivity contribution in [1.82, 2.24) is 4.98 Å². The summed E-state index contributed by atoms with van der Waals surface area (Å²) in [6, 6.07) is 13.4. The van der Waals surface area contributed by atoms with Crippen molar-refractivity contribution in [2.75, 3.05) is 12.4 Å². The normalized spacial score (nSPS) is 11.4. The average molecular weight is 345 g/mol. The van der Waals surface area contributed by atoms with Gasteiger partial charge >= 0.3 is 0 Å². The van der Waals surface area contributed by atoms with E-state index in [9.17, 15) is 13.2 Å². The molecule has 24 heavy (non-hydrogen) atoms. The van der Waals surface area contributed by atoms with Crippen LogP contribution in [0.15, 0.2) is 53.4 Å². The number of rotatable bonds is 4. The van der Waals surface area contributed by atoms with Crippen LogP contribution in [0.2, 0.25) is 0 Å². The Morgan fingerprint density at radius 1 is 1.17 bits per heavy atom. The van der Waals surface area contributed by atoms with Crippen LogP contribution >= 0.6 is 0 Å². The minimum Gasteiger partial charge on any atom is -0.495 e. The number of carbonyl (C=O) groups is 1. The van der Waals surface area contributed by atoms with Crippen LogP contribution in [0, 0.1) is 0 Å². The molecule has 3 rings (SSSR count). The van der Waals surface area contributed by atoms with Gasteiger partial charge in [-0.2, -0.15) is 0 Å². The number of hydrogen-bond acceptors (Lipinski definition) is 4. The van der Waals surface area contributed by atoms with Gasteiger partial charge in [0.25, 0.3) is 5.91 Å². The van der Waals surface area contributed by atoms with Gasteiger partial charge in [0, 0.05) is 16.6 Å². The topological polar surface area (TPSA) is 114 Å². The molecule has 0 radical (unpaired) electrons. The van der Waals surface area contributed by atoms with E-state index in [-0.39, 0.29) is 10.6 Å². The van der Waals surface area contributed by atoms with Crippen molar-refractivity contribution < 1.29 is 17.9 Å². The molecule has 0 aliphatic heterocycles. The number of aromatic nitrogens is 1. The maximum absolute atomic E-state index is 12.3. The fraction of sp³-hybridized carbons (Fsp3) is 0.0625. The lowest BCUT2D eigenvalue weighted by molar-refractivity contribution is 0.102. The highest BCUT2D eigenvalue weighted by Crippen LogP contribution is 2.26. The van der Waals surface area contributed by atoms with Crippen molar-refractivity contribution in [2.45, 2.75) is 4.90 Å². The van der Waals surface area contributed by atoms with Gasteiger partial charge in [0.2, 0.25) is 10.0 Å². The predicted octanol–water partition coefficient (Wildman–Crippen LogP) is 2.08. The molecule has 0 aliphatic rings. The minimum atomic E-state index is -3.97. The highest BCUT2D eigenvalue weighted by molar-refractivity contribution is 7.89. The smallest absolute Gasteiger partial charge is 0.272 e. The van der Waals surface area contributed by atoms with Crippen molar-refractivity contribution in [1.29, 1.82) is 0 Å². The van der Waals surface area contributed by atoms with Crippen LogP contribution in [0.3, 0.4) is 0 Å². The average Bonchev–Trinajstić information content (AvgIpc) is 2.98. The zero-order valence-corrected chi connectivity index (χ0v) is 13.6. The van der Waals surface area contributed by atoms with Crippen LogP contribution in [0.25, 0.3) is 10.9 Å². The number of hydrogen-bond donors (Lipinski definition) is 3. The number of aromatic amines is 1. The molecule has 0 unspecified atom stereocenters. The molecule has 8 heteroatoms. The molecule has 4 N–H and O–H groups in total. The SMILES string of the molecule is COc1ccc(NC(=O)c2cc3ccccc3[nH]2)cc1S(N)(=O)=O. The first-order valence-corrected chi connectivity index (χ1v) is 8.53. The van der Waals surface area contributed by atoms with Crippen molar-refractivity contribution >= 4 is 32.5 Å². The second kappa shape index (κ2) is 5.99. The Kier molecular flexibility index (Phi) is 4.00. The number of H-pyrrole nitrogens is 1. The molecule has 0 atom stereocenters. The van der Waals surface area contributed by atoms with Gasteiger partial charge in [0.05, 0.1) is 7.11 Å². The Balaban J connectivity index is 1.91. The number of ether oxygens (including phenoxy) is 1. The summed E-state index contributed by atoms with van der Waals surface area (Å²) in [6.45, 7) is 0. The highest BCUT2D eigenvalue weighted by atomic mass is 32.2. The third-order valence-electron chi connectivity index (χ3n) is 3.50. The summed E-state index contributed by atoms with van der Waals surface area (Å²) in [4.78, 5) is 15.2. The van der Waals surface area contributed by atoms with E-state index < -0.39 is 15.9 Å². The van der Waals surface area contributed by atoms with Crippen LogP contribution in [-0.4, -0.2) is 26.4 Å². The Hall–Kier alpha value is -2.84. The van der Waals surface area contributed by atoms with Crippen molar-refractivity contribution in [2.24, 2.45) is 5.14 Å². The number of nitrogens with two attached hydrogens (primary N) is 1. The first-order valence-electron chi connectivity index (χ1n) is 6.98. The fourth-order valence-corrected chi connectivity index (χ4v) is 3.09. The standard InChI is InChI=1S/C16H15N3O4S/c1-23-14-7-6-11(9-15(14)24(17,21)22)18-16(20)13-8-10-4-2-3-5-12(10)19-13/h2-9,19H,1H3,(H,18,20)(H2,17,21,22). The first-order chi connectivity index (χ1) is 11.4. The summed E-state index contributed by atoms with van der Waals surface area (Å²) < 4.78 is 28.2. The van der Waals surface area contributed by atoms with Gasteiger partial charge in [-0.1, -0.05) is 18.2 Å². The summed E-state index contributed by atoms with van der Waals surface area (Å²) >= 11 is 0. The molecule has 0 spiro atoms. The Morgan fingerprint density at radius 2 is 1.92 bits per heavy atom. The van der Waals surface area contributed by atoms with Crippen molar-refractivity contribution in [3.63, 3.8) is 0 Å². The van der Waals surface area contributed by atoms with Gasteiger partial charge < -0.3 is 15.0 Å². The van der Waals surface area contributed by atoms with E-state index in [1.165, 1.54) is 25.3 Å². The van der Waals surface area contributed by atoms with Gasteiger partial charge in [0.15, 0.2) is 0 Å². The second-order valence-corrected chi connectivity index (χ2v) is 6.66. The maximum Gasteiger partial charge on any atom is 0.272 e. The lowest BCUT2D eigenvalue weighted by Crippen LogP contribution is -2.16. The number of nitrogens with one attached hydrogen (secondary N) is 2. The molecule has 2 aromatic carbocycles. The van der Waals surface area contributed by atoms with Crippen LogP contribution in [0.5, 0.6) is 5.75 Å². The summed E-state index contributed by atoms with van der Waals surface area (Å²) in [5, 5.41) is 8.71. The predicted molar refractivity (Wildman–Crippen MR) is 90.6 cm³/mol. The van der Waals surface area contributed by atoms with Gasteiger partial charge in [-0.3, -0.25) is 4.79 Å². The van der Waals surface area contributed by atoms with E-state index in [2.05, 4.69) is 10.3 Å².